The van der Waals surface area contributed by atoms with Gasteiger partial charge in [-0.25, -0.2) is 0 Å². The maximum absolute atomic E-state index is 6.30. The SMILES string of the molecule is CC1(C)CCCC1Nc1ccc2cnccc2c1N. The van der Waals surface area contributed by atoms with E-state index in [-0.39, 0.29) is 0 Å². The Kier molecular flexibility index (Phi) is 2.85. The molecule has 1 aliphatic carbocycles. The molecule has 1 saturated carbocycles. The molecule has 100 valence electrons. The summed E-state index contributed by atoms with van der Waals surface area (Å²) in [5.41, 5.74) is 8.53. The molecule has 0 saturated heterocycles. The van der Waals surface area contributed by atoms with Crippen LogP contribution in [0.5, 0.6) is 0 Å². The molecule has 0 aliphatic heterocycles. The van der Waals surface area contributed by atoms with Crippen molar-refractivity contribution in [2.75, 3.05) is 11.1 Å². The van der Waals surface area contributed by atoms with Gasteiger partial charge in [0.15, 0.2) is 0 Å². The highest BCUT2D eigenvalue weighted by molar-refractivity contribution is 5.98. The fraction of sp³-hybridized carbons (Fsp3) is 0.438. The number of anilines is 2. The Hall–Kier alpha value is -1.77. The minimum Gasteiger partial charge on any atom is -0.397 e. The smallest absolute Gasteiger partial charge is 0.0630 e. The van der Waals surface area contributed by atoms with Crippen LogP contribution in [0.2, 0.25) is 0 Å². The Morgan fingerprint density at radius 2 is 2.16 bits per heavy atom. The number of nitrogens with one attached hydrogen (secondary N) is 1. The first-order valence-corrected chi connectivity index (χ1v) is 6.97. The summed E-state index contributed by atoms with van der Waals surface area (Å²) in [5.74, 6) is 0. The molecule has 0 radical (unpaired) electrons. The zero-order chi connectivity index (χ0) is 13.5. The van der Waals surface area contributed by atoms with Crippen LogP contribution in [0.3, 0.4) is 0 Å². The van der Waals surface area contributed by atoms with Crippen LogP contribution in [0.15, 0.2) is 30.6 Å². The monoisotopic (exact) mass is 255 g/mol. The van der Waals surface area contributed by atoms with Gasteiger partial charge in [-0.2, -0.15) is 0 Å². The van der Waals surface area contributed by atoms with Gasteiger partial charge in [-0.05, 0) is 30.4 Å². The molecular weight excluding hydrogens is 234 g/mol. The Labute approximate surface area is 114 Å². The number of nitrogens with two attached hydrogens (primary N) is 1. The van der Waals surface area contributed by atoms with Gasteiger partial charge in [0.2, 0.25) is 0 Å². The van der Waals surface area contributed by atoms with E-state index in [1.807, 2.05) is 12.3 Å². The molecule has 3 nitrogen and oxygen atoms in total. The maximum Gasteiger partial charge on any atom is 0.0630 e. The fourth-order valence-corrected chi connectivity index (χ4v) is 3.10. The van der Waals surface area contributed by atoms with Crippen molar-refractivity contribution in [1.82, 2.24) is 4.98 Å². The molecule has 1 unspecified atom stereocenters. The number of benzene rings is 1. The molecule has 1 aromatic carbocycles. The van der Waals surface area contributed by atoms with E-state index in [2.05, 4.69) is 36.3 Å². The van der Waals surface area contributed by atoms with Gasteiger partial charge in [-0.3, -0.25) is 4.98 Å². The Morgan fingerprint density at radius 3 is 2.89 bits per heavy atom. The molecule has 3 N–H and O–H groups in total. The van der Waals surface area contributed by atoms with Gasteiger partial charge < -0.3 is 11.1 Å². The van der Waals surface area contributed by atoms with Gasteiger partial charge >= 0.3 is 0 Å². The number of aromatic nitrogens is 1. The highest BCUT2D eigenvalue weighted by Crippen LogP contribution is 2.40. The quantitative estimate of drug-likeness (QED) is 0.802. The number of nitrogens with zero attached hydrogens (tertiary/aromatic N) is 1. The Bertz CT molecular complexity index is 604. The van der Waals surface area contributed by atoms with E-state index in [1.54, 1.807) is 6.20 Å². The lowest BCUT2D eigenvalue weighted by atomic mass is 9.87. The Morgan fingerprint density at radius 1 is 1.32 bits per heavy atom. The topological polar surface area (TPSA) is 50.9 Å². The molecule has 1 aliphatic rings. The summed E-state index contributed by atoms with van der Waals surface area (Å²) in [6, 6.07) is 6.65. The molecule has 19 heavy (non-hydrogen) atoms. The van der Waals surface area contributed by atoms with Gasteiger partial charge in [0.1, 0.15) is 0 Å². The summed E-state index contributed by atoms with van der Waals surface area (Å²) in [5, 5.41) is 5.82. The molecule has 0 amide bonds. The van der Waals surface area contributed by atoms with Crippen LogP contribution < -0.4 is 11.1 Å². The molecular formula is C16H21N3. The minimum atomic E-state index is 0.347. The molecule has 0 spiro atoms. The average molecular weight is 255 g/mol. The Balaban J connectivity index is 1.95. The van der Waals surface area contributed by atoms with Crippen LogP contribution in [0.4, 0.5) is 11.4 Å². The average Bonchev–Trinajstić information content (AvgIpc) is 2.72. The van der Waals surface area contributed by atoms with Crippen molar-refractivity contribution in [3.8, 4) is 0 Å². The normalized spacial score (nSPS) is 21.7. The van der Waals surface area contributed by atoms with Crippen LogP contribution in [0.1, 0.15) is 33.1 Å². The van der Waals surface area contributed by atoms with E-state index in [1.165, 1.54) is 19.3 Å². The van der Waals surface area contributed by atoms with E-state index in [4.69, 9.17) is 5.73 Å². The number of fused-ring (bicyclic) bond motifs is 1. The van der Waals surface area contributed by atoms with E-state index >= 15 is 0 Å². The molecule has 1 aromatic heterocycles. The lowest BCUT2D eigenvalue weighted by Gasteiger charge is -2.29. The van der Waals surface area contributed by atoms with Gasteiger partial charge in [-0.1, -0.05) is 26.3 Å². The van der Waals surface area contributed by atoms with Crippen molar-refractivity contribution in [3.63, 3.8) is 0 Å². The summed E-state index contributed by atoms with van der Waals surface area (Å²) < 4.78 is 0. The first-order valence-electron chi connectivity index (χ1n) is 6.97. The van der Waals surface area contributed by atoms with Crippen LogP contribution in [0.25, 0.3) is 10.8 Å². The summed E-state index contributed by atoms with van der Waals surface area (Å²) in [4.78, 5) is 4.13. The van der Waals surface area contributed by atoms with E-state index in [0.717, 1.165) is 22.1 Å². The van der Waals surface area contributed by atoms with E-state index in [0.29, 0.717) is 11.5 Å². The summed E-state index contributed by atoms with van der Waals surface area (Å²) in [6.45, 7) is 4.66. The number of rotatable bonds is 2. The zero-order valence-electron chi connectivity index (χ0n) is 11.6. The first-order chi connectivity index (χ1) is 9.08. The molecule has 1 fully saturated rings. The molecule has 2 aromatic rings. The fourth-order valence-electron chi connectivity index (χ4n) is 3.10. The van der Waals surface area contributed by atoms with Gasteiger partial charge in [0.05, 0.1) is 11.4 Å². The third kappa shape index (κ3) is 2.14. The van der Waals surface area contributed by atoms with Crippen molar-refractivity contribution in [2.24, 2.45) is 5.41 Å². The van der Waals surface area contributed by atoms with Crippen LogP contribution in [-0.2, 0) is 0 Å². The highest BCUT2D eigenvalue weighted by Gasteiger charge is 2.34. The van der Waals surface area contributed by atoms with Crippen LogP contribution >= 0.6 is 0 Å². The first kappa shape index (κ1) is 12.3. The van der Waals surface area contributed by atoms with E-state index in [9.17, 15) is 0 Å². The second-order valence-corrected chi connectivity index (χ2v) is 6.20. The lowest BCUT2D eigenvalue weighted by molar-refractivity contribution is 0.350. The van der Waals surface area contributed by atoms with Gasteiger partial charge in [0.25, 0.3) is 0 Å². The van der Waals surface area contributed by atoms with Gasteiger partial charge in [-0.15, -0.1) is 0 Å². The third-order valence-corrected chi connectivity index (χ3v) is 4.45. The second-order valence-electron chi connectivity index (χ2n) is 6.20. The summed E-state index contributed by atoms with van der Waals surface area (Å²) >= 11 is 0. The van der Waals surface area contributed by atoms with E-state index < -0.39 is 0 Å². The predicted octanol–water partition coefficient (Wildman–Crippen LogP) is 3.81. The molecule has 1 heterocycles. The number of nitrogen functional groups attached to an aromatic ring is 1. The van der Waals surface area contributed by atoms with Crippen molar-refractivity contribution < 1.29 is 0 Å². The van der Waals surface area contributed by atoms with Crippen LogP contribution in [0, 0.1) is 5.41 Å². The third-order valence-electron chi connectivity index (χ3n) is 4.45. The van der Waals surface area contributed by atoms with Gasteiger partial charge in [0, 0.05) is 29.2 Å². The lowest BCUT2D eigenvalue weighted by Crippen LogP contribution is -2.31. The van der Waals surface area contributed by atoms with Crippen molar-refractivity contribution in [2.45, 2.75) is 39.2 Å². The number of hydrogen-bond acceptors (Lipinski definition) is 3. The largest absolute Gasteiger partial charge is 0.397 e. The molecule has 3 rings (SSSR count). The van der Waals surface area contributed by atoms with Crippen molar-refractivity contribution >= 4 is 22.1 Å². The summed E-state index contributed by atoms with van der Waals surface area (Å²) in [7, 11) is 0. The highest BCUT2D eigenvalue weighted by atomic mass is 15.0. The molecule has 1 atom stereocenters. The zero-order valence-corrected chi connectivity index (χ0v) is 11.6. The maximum atomic E-state index is 6.30. The summed E-state index contributed by atoms with van der Waals surface area (Å²) in [6.07, 6.45) is 7.45. The number of pyridine rings is 1. The van der Waals surface area contributed by atoms with Crippen molar-refractivity contribution in [1.29, 1.82) is 0 Å². The minimum absolute atomic E-state index is 0.347. The molecule has 0 bridgehead atoms. The number of hydrogen-bond donors (Lipinski definition) is 2. The van der Waals surface area contributed by atoms with Crippen LogP contribution in [-0.4, -0.2) is 11.0 Å². The second kappa shape index (κ2) is 4.41. The molecule has 3 heteroatoms. The predicted molar refractivity (Wildman–Crippen MR) is 81.2 cm³/mol. The van der Waals surface area contributed by atoms with Crippen molar-refractivity contribution in [3.05, 3.63) is 30.6 Å². The standard InChI is InChI=1S/C16H21N3/c1-16(2)8-3-4-14(16)19-13-6-5-11-10-18-9-7-12(11)15(13)17/h5-7,9-10,14,19H,3-4,8,17H2,1-2H3.